The number of nitrogens with zero attached hydrogens (tertiary/aromatic N) is 1. The highest BCUT2D eigenvalue weighted by atomic mass is 16.6. The van der Waals surface area contributed by atoms with Gasteiger partial charge < -0.3 is 24.8 Å². The van der Waals surface area contributed by atoms with Gasteiger partial charge in [0.2, 0.25) is 5.91 Å². The molecule has 2 N–H and O–H groups in total. The molecule has 3 aromatic rings. The highest BCUT2D eigenvalue weighted by Crippen LogP contribution is 2.34. The maximum Gasteiger partial charge on any atom is 0.270 e. The Labute approximate surface area is 195 Å². The molecule has 0 unspecified atom stereocenters. The van der Waals surface area contributed by atoms with Crippen molar-refractivity contribution in [3.8, 4) is 28.4 Å². The molecule has 10 nitrogen and oxygen atoms in total. The molecule has 0 saturated carbocycles. The zero-order valence-electron chi connectivity index (χ0n) is 18.8. The van der Waals surface area contributed by atoms with Crippen molar-refractivity contribution >= 4 is 28.9 Å². The minimum atomic E-state index is -0.502. The van der Waals surface area contributed by atoms with E-state index in [9.17, 15) is 19.7 Å². The molecule has 3 rings (SSSR count). The van der Waals surface area contributed by atoms with E-state index in [0.717, 1.165) is 0 Å². The Morgan fingerprint density at radius 1 is 0.912 bits per heavy atom. The van der Waals surface area contributed by atoms with Gasteiger partial charge in [-0.2, -0.15) is 0 Å². The molecule has 0 heterocycles. The summed E-state index contributed by atoms with van der Waals surface area (Å²) < 4.78 is 16.1. The van der Waals surface area contributed by atoms with E-state index >= 15 is 0 Å². The van der Waals surface area contributed by atoms with E-state index in [1.807, 2.05) is 0 Å². The lowest BCUT2D eigenvalue weighted by molar-refractivity contribution is -0.384. The van der Waals surface area contributed by atoms with Crippen LogP contribution in [0.3, 0.4) is 0 Å². The van der Waals surface area contributed by atoms with Gasteiger partial charge in [0.05, 0.1) is 24.8 Å². The summed E-state index contributed by atoms with van der Waals surface area (Å²) in [6.45, 7) is 1.01. The van der Waals surface area contributed by atoms with Gasteiger partial charge in [0, 0.05) is 30.3 Å². The van der Waals surface area contributed by atoms with Crippen LogP contribution in [0.2, 0.25) is 0 Å². The Morgan fingerprint density at radius 2 is 1.62 bits per heavy atom. The number of carbonyl (C=O) groups is 2. The van der Waals surface area contributed by atoms with Gasteiger partial charge in [0.1, 0.15) is 17.2 Å². The van der Waals surface area contributed by atoms with E-state index in [-0.39, 0.29) is 18.2 Å². The number of nitro groups is 1. The van der Waals surface area contributed by atoms with Crippen molar-refractivity contribution in [3.05, 3.63) is 70.8 Å². The number of ether oxygens (including phenoxy) is 3. The SMILES string of the molecule is COc1ccc(-c2cc([N+](=O)[O-])ccc2OCC(=O)Nc2cc(NC(C)=O)ccc2OC)cc1. The summed E-state index contributed by atoms with van der Waals surface area (Å²) in [5, 5.41) is 16.6. The van der Waals surface area contributed by atoms with Crippen LogP contribution in [-0.4, -0.2) is 37.6 Å². The lowest BCUT2D eigenvalue weighted by Crippen LogP contribution is -2.21. The first-order valence-electron chi connectivity index (χ1n) is 10.1. The van der Waals surface area contributed by atoms with Crippen molar-refractivity contribution in [2.45, 2.75) is 6.92 Å². The second-order valence-electron chi connectivity index (χ2n) is 7.10. The van der Waals surface area contributed by atoms with Gasteiger partial charge in [0.25, 0.3) is 11.6 Å². The number of amides is 2. The second-order valence-corrected chi connectivity index (χ2v) is 7.10. The fourth-order valence-electron chi connectivity index (χ4n) is 3.17. The minimum Gasteiger partial charge on any atom is -0.497 e. The van der Waals surface area contributed by atoms with Gasteiger partial charge in [0.15, 0.2) is 6.61 Å². The predicted molar refractivity (Wildman–Crippen MR) is 127 cm³/mol. The number of carbonyl (C=O) groups excluding carboxylic acids is 2. The third-order valence-corrected chi connectivity index (χ3v) is 4.73. The average molecular weight is 465 g/mol. The zero-order chi connectivity index (χ0) is 24.7. The summed E-state index contributed by atoms with van der Waals surface area (Å²) in [7, 11) is 2.99. The largest absolute Gasteiger partial charge is 0.497 e. The Bertz CT molecular complexity index is 1210. The van der Waals surface area contributed by atoms with Crippen LogP contribution in [0.25, 0.3) is 11.1 Å². The number of nitrogens with one attached hydrogen (secondary N) is 2. The predicted octanol–water partition coefficient (Wildman–Crippen LogP) is 4.25. The third-order valence-electron chi connectivity index (χ3n) is 4.73. The molecule has 0 fully saturated rings. The molecule has 0 atom stereocenters. The van der Waals surface area contributed by atoms with Gasteiger partial charge in [-0.05, 0) is 42.0 Å². The highest BCUT2D eigenvalue weighted by Gasteiger charge is 2.16. The fraction of sp³-hybridized carbons (Fsp3) is 0.167. The van der Waals surface area contributed by atoms with Crippen molar-refractivity contribution < 1.29 is 28.7 Å². The number of hydrogen-bond donors (Lipinski definition) is 2. The Morgan fingerprint density at radius 3 is 2.24 bits per heavy atom. The molecular formula is C24H23N3O7. The van der Waals surface area contributed by atoms with Crippen LogP contribution in [0.15, 0.2) is 60.7 Å². The number of methoxy groups -OCH3 is 2. The Kier molecular flexibility index (Phi) is 7.65. The van der Waals surface area contributed by atoms with E-state index in [0.29, 0.717) is 39.8 Å². The fourth-order valence-corrected chi connectivity index (χ4v) is 3.17. The van der Waals surface area contributed by atoms with E-state index in [1.54, 1.807) is 42.5 Å². The molecule has 3 aromatic carbocycles. The standard InChI is InChI=1S/C24H23N3O7/c1-15(28)25-17-6-10-23(33-3)21(12-17)26-24(29)14-34-22-11-7-18(27(30)31)13-20(22)16-4-8-19(32-2)9-5-16/h4-13H,14H2,1-3H3,(H,25,28)(H,26,29). The van der Waals surface area contributed by atoms with E-state index in [1.165, 1.54) is 39.3 Å². The first kappa shape index (κ1) is 24.1. The van der Waals surface area contributed by atoms with Gasteiger partial charge in [-0.1, -0.05) is 12.1 Å². The number of benzene rings is 3. The first-order valence-corrected chi connectivity index (χ1v) is 10.1. The van der Waals surface area contributed by atoms with Crippen LogP contribution < -0.4 is 24.8 Å². The minimum absolute atomic E-state index is 0.109. The van der Waals surface area contributed by atoms with Gasteiger partial charge in [-0.15, -0.1) is 0 Å². The maximum absolute atomic E-state index is 12.6. The van der Waals surface area contributed by atoms with E-state index < -0.39 is 10.8 Å². The summed E-state index contributed by atoms with van der Waals surface area (Å²) in [6, 6.07) is 15.9. The molecule has 2 amide bonds. The van der Waals surface area contributed by atoms with Crippen LogP contribution in [-0.2, 0) is 9.59 Å². The molecular weight excluding hydrogens is 442 g/mol. The third kappa shape index (κ3) is 6.00. The molecule has 0 aliphatic carbocycles. The molecule has 10 heteroatoms. The normalized spacial score (nSPS) is 10.2. The van der Waals surface area contributed by atoms with Gasteiger partial charge in [-0.3, -0.25) is 19.7 Å². The zero-order valence-corrected chi connectivity index (χ0v) is 18.8. The molecule has 0 spiro atoms. The number of rotatable bonds is 9. The molecule has 0 saturated heterocycles. The van der Waals surface area contributed by atoms with E-state index in [4.69, 9.17) is 14.2 Å². The molecule has 0 aliphatic rings. The summed E-state index contributed by atoms with van der Waals surface area (Å²) >= 11 is 0. The first-order chi connectivity index (χ1) is 16.3. The summed E-state index contributed by atoms with van der Waals surface area (Å²) in [4.78, 5) is 34.7. The second kappa shape index (κ2) is 10.8. The highest BCUT2D eigenvalue weighted by molar-refractivity contribution is 5.95. The number of nitro benzene ring substituents is 1. The molecule has 0 bridgehead atoms. The van der Waals surface area contributed by atoms with Crippen molar-refractivity contribution in [1.82, 2.24) is 0 Å². The number of non-ortho nitro benzene ring substituents is 1. The number of anilines is 2. The molecule has 34 heavy (non-hydrogen) atoms. The average Bonchev–Trinajstić information content (AvgIpc) is 2.82. The number of hydrogen-bond acceptors (Lipinski definition) is 7. The van der Waals surface area contributed by atoms with Crippen LogP contribution in [0.5, 0.6) is 17.2 Å². The molecule has 0 aliphatic heterocycles. The summed E-state index contributed by atoms with van der Waals surface area (Å²) in [6.07, 6.45) is 0. The van der Waals surface area contributed by atoms with Gasteiger partial charge in [-0.25, -0.2) is 0 Å². The van der Waals surface area contributed by atoms with Crippen molar-refractivity contribution in [2.24, 2.45) is 0 Å². The van der Waals surface area contributed by atoms with E-state index in [2.05, 4.69) is 10.6 Å². The topological polar surface area (TPSA) is 129 Å². The summed E-state index contributed by atoms with van der Waals surface area (Å²) in [5.74, 6) is 0.584. The Balaban J connectivity index is 1.80. The monoisotopic (exact) mass is 465 g/mol. The van der Waals surface area contributed by atoms with Crippen molar-refractivity contribution in [1.29, 1.82) is 0 Å². The smallest absolute Gasteiger partial charge is 0.270 e. The van der Waals surface area contributed by atoms with Crippen LogP contribution in [0.1, 0.15) is 6.92 Å². The van der Waals surface area contributed by atoms with Crippen LogP contribution >= 0.6 is 0 Å². The molecule has 0 radical (unpaired) electrons. The lowest BCUT2D eigenvalue weighted by atomic mass is 10.0. The van der Waals surface area contributed by atoms with Crippen molar-refractivity contribution in [2.75, 3.05) is 31.5 Å². The summed E-state index contributed by atoms with van der Waals surface area (Å²) in [5.41, 5.74) is 1.84. The van der Waals surface area contributed by atoms with Crippen LogP contribution in [0, 0.1) is 10.1 Å². The Hall–Kier alpha value is -4.60. The lowest BCUT2D eigenvalue weighted by Gasteiger charge is -2.14. The molecule has 176 valence electrons. The quantitative estimate of drug-likeness (QED) is 0.357. The van der Waals surface area contributed by atoms with Crippen LogP contribution in [0.4, 0.5) is 17.1 Å². The maximum atomic E-state index is 12.6. The molecule has 0 aromatic heterocycles. The van der Waals surface area contributed by atoms with Gasteiger partial charge >= 0.3 is 0 Å². The van der Waals surface area contributed by atoms with Crippen molar-refractivity contribution in [3.63, 3.8) is 0 Å².